The molecule has 1 aliphatic heterocycles. The molecule has 370 valence electrons. The molecule has 2 aliphatic rings. The first-order chi connectivity index (χ1) is 37.5. The number of fused-ring (bicyclic) bond motifs is 9. The molecular formula is C67H51N3O4S2. The second kappa shape index (κ2) is 19.4. The van der Waals surface area contributed by atoms with E-state index in [1.807, 2.05) is 71.2 Å². The van der Waals surface area contributed by atoms with E-state index in [2.05, 4.69) is 203 Å². The zero-order chi connectivity index (χ0) is 51.3. The third-order valence-corrected chi connectivity index (χ3v) is 17.3. The number of benzene rings is 9. The third kappa shape index (κ3) is 7.77. The van der Waals surface area contributed by atoms with Gasteiger partial charge in [0.1, 0.15) is 23.0 Å². The first-order valence-electron chi connectivity index (χ1n) is 25.2. The second-order valence-electron chi connectivity index (χ2n) is 18.7. The lowest BCUT2D eigenvalue weighted by molar-refractivity contribution is 0.414. The van der Waals surface area contributed by atoms with Crippen LogP contribution in [-0.2, 0) is 5.41 Å². The van der Waals surface area contributed by atoms with Crippen LogP contribution in [0.1, 0.15) is 22.3 Å². The quantitative estimate of drug-likeness (QED) is 0.114. The molecule has 11 aromatic rings. The van der Waals surface area contributed by atoms with Crippen LogP contribution in [0, 0.1) is 0 Å². The summed E-state index contributed by atoms with van der Waals surface area (Å²) >= 11 is 3.79. The van der Waals surface area contributed by atoms with Crippen LogP contribution >= 0.6 is 22.7 Å². The first kappa shape index (κ1) is 46.7. The molecule has 9 heteroatoms. The number of hydrogen-bond donors (Lipinski definition) is 0. The minimum atomic E-state index is -0.592. The highest BCUT2D eigenvalue weighted by molar-refractivity contribution is 7.25. The minimum Gasteiger partial charge on any atom is -0.497 e. The summed E-state index contributed by atoms with van der Waals surface area (Å²) in [7, 11) is 6.79. The molecular weight excluding hydrogens is 975 g/mol. The number of ether oxygens (including phenoxy) is 4. The Hall–Kier alpha value is -9.02. The van der Waals surface area contributed by atoms with E-state index in [4.69, 9.17) is 18.9 Å². The molecule has 13 rings (SSSR count). The van der Waals surface area contributed by atoms with Crippen molar-refractivity contribution in [1.29, 1.82) is 0 Å². The summed E-state index contributed by atoms with van der Waals surface area (Å²) in [5.41, 5.74) is 16.6. The van der Waals surface area contributed by atoms with E-state index in [1.54, 1.807) is 28.4 Å². The van der Waals surface area contributed by atoms with Crippen molar-refractivity contribution < 1.29 is 18.9 Å². The summed E-state index contributed by atoms with van der Waals surface area (Å²) in [6, 6.07) is 84.7. The number of anilines is 9. The molecule has 0 atom stereocenters. The highest BCUT2D eigenvalue weighted by atomic mass is 32.1. The summed E-state index contributed by atoms with van der Waals surface area (Å²) in [4.78, 5) is 12.0. The van der Waals surface area contributed by atoms with E-state index in [0.29, 0.717) is 0 Å². The number of hydrogen-bond acceptors (Lipinski definition) is 9. The molecule has 1 spiro atoms. The van der Waals surface area contributed by atoms with Crippen molar-refractivity contribution in [2.24, 2.45) is 0 Å². The van der Waals surface area contributed by atoms with Crippen molar-refractivity contribution in [3.63, 3.8) is 0 Å². The van der Waals surface area contributed by atoms with Crippen LogP contribution < -0.4 is 33.6 Å². The van der Waals surface area contributed by atoms with Crippen LogP contribution in [0.3, 0.4) is 0 Å². The van der Waals surface area contributed by atoms with Gasteiger partial charge in [-0.25, -0.2) is 0 Å². The number of para-hydroxylation sites is 3. The van der Waals surface area contributed by atoms with Crippen molar-refractivity contribution in [1.82, 2.24) is 0 Å². The first-order valence-corrected chi connectivity index (χ1v) is 26.8. The molecule has 1 aliphatic carbocycles. The fourth-order valence-electron chi connectivity index (χ4n) is 11.2. The molecule has 0 N–H and O–H groups in total. The zero-order valence-corrected chi connectivity index (χ0v) is 43.9. The van der Waals surface area contributed by atoms with Gasteiger partial charge in [-0.3, -0.25) is 0 Å². The fourth-order valence-corrected chi connectivity index (χ4v) is 13.8. The Morgan fingerprint density at radius 2 is 0.632 bits per heavy atom. The predicted octanol–water partition coefficient (Wildman–Crippen LogP) is 18.3. The van der Waals surface area contributed by atoms with Gasteiger partial charge in [-0.2, -0.15) is 0 Å². The van der Waals surface area contributed by atoms with Gasteiger partial charge in [0.15, 0.2) is 0 Å². The van der Waals surface area contributed by atoms with Crippen LogP contribution in [0.2, 0.25) is 0 Å². The lowest BCUT2D eigenvalue weighted by Crippen LogP contribution is -2.35. The Bertz CT molecular complexity index is 3520. The van der Waals surface area contributed by atoms with Crippen LogP contribution in [0.15, 0.2) is 237 Å². The average Bonchev–Trinajstić information content (AvgIpc) is 4.24. The maximum Gasteiger partial charge on any atom is 0.119 e. The van der Waals surface area contributed by atoms with Crippen molar-refractivity contribution in [3.05, 3.63) is 259 Å². The van der Waals surface area contributed by atoms with Gasteiger partial charge < -0.3 is 33.6 Å². The number of rotatable bonds is 13. The van der Waals surface area contributed by atoms with Gasteiger partial charge in [0.25, 0.3) is 0 Å². The standard InChI is InChI=1S/C67H51N3O4S2/c1-71-53-34-26-49(27-35-53)68(50-28-36-54(72-2)37-29-50)47-22-18-44(19-23-47)63-42-59-65(75-63)66-60(67(59)57-14-8-10-16-61(57)70(46-12-6-5-7-13-46)62-17-11-9-15-58(62)67)43-64(76-66)45-20-24-48(25-21-45)69(51-30-38-55(73-3)39-31-51)52-32-40-56(74-4)41-33-52/h5-43H,1-4H3. The Balaban J connectivity index is 0.950. The Morgan fingerprint density at radius 1 is 0.329 bits per heavy atom. The van der Waals surface area contributed by atoms with E-state index < -0.39 is 5.41 Å². The van der Waals surface area contributed by atoms with Crippen molar-refractivity contribution in [3.8, 4) is 53.6 Å². The number of thiophene rings is 2. The molecule has 0 bridgehead atoms. The Kier molecular flexibility index (Phi) is 11.9. The average molecular weight is 1030 g/mol. The molecule has 9 aromatic carbocycles. The summed E-state index contributed by atoms with van der Waals surface area (Å²) < 4.78 is 22.2. The zero-order valence-electron chi connectivity index (χ0n) is 42.3. The number of methoxy groups -OCH3 is 4. The van der Waals surface area contributed by atoms with Gasteiger partial charge in [0, 0.05) is 49.6 Å². The van der Waals surface area contributed by atoms with E-state index in [9.17, 15) is 0 Å². The summed E-state index contributed by atoms with van der Waals surface area (Å²) in [5, 5.41) is 0. The van der Waals surface area contributed by atoms with Gasteiger partial charge in [0.05, 0.1) is 55.0 Å². The monoisotopic (exact) mass is 1030 g/mol. The Labute approximate surface area is 451 Å². The predicted molar refractivity (Wildman–Crippen MR) is 314 cm³/mol. The molecule has 0 fully saturated rings. The largest absolute Gasteiger partial charge is 0.497 e. The Morgan fingerprint density at radius 3 is 0.961 bits per heavy atom. The maximum atomic E-state index is 5.54. The normalized spacial score (nSPS) is 12.6. The smallest absolute Gasteiger partial charge is 0.119 e. The van der Waals surface area contributed by atoms with Gasteiger partial charge in [-0.15, -0.1) is 22.7 Å². The molecule has 76 heavy (non-hydrogen) atoms. The summed E-state index contributed by atoms with van der Waals surface area (Å²) in [5.74, 6) is 3.24. The highest BCUT2D eigenvalue weighted by Gasteiger charge is 2.53. The fraction of sp³-hybridized carbons (Fsp3) is 0.0746. The molecule has 0 saturated heterocycles. The van der Waals surface area contributed by atoms with E-state index >= 15 is 0 Å². The van der Waals surface area contributed by atoms with Crippen LogP contribution in [0.5, 0.6) is 23.0 Å². The topological polar surface area (TPSA) is 46.6 Å². The van der Waals surface area contributed by atoms with Gasteiger partial charge in [0.2, 0.25) is 0 Å². The van der Waals surface area contributed by atoms with Crippen LogP contribution in [0.25, 0.3) is 30.6 Å². The second-order valence-corrected chi connectivity index (χ2v) is 20.8. The lowest BCUT2D eigenvalue weighted by Gasteiger charge is -2.44. The van der Waals surface area contributed by atoms with Crippen LogP contribution in [0.4, 0.5) is 51.2 Å². The molecule has 2 aromatic heterocycles. The summed E-state index contributed by atoms with van der Waals surface area (Å²) in [6.45, 7) is 0. The maximum absolute atomic E-state index is 5.54. The van der Waals surface area contributed by atoms with Gasteiger partial charge in [-0.1, -0.05) is 78.9 Å². The van der Waals surface area contributed by atoms with Crippen molar-refractivity contribution >= 4 is 73.9 Å². The van der Waals surface area contributed by atoms with Crippen LogP contribution in [-0.4, -0.2) is 28.4 Å². The molecule has 0 saturated carbocycles. The third-order valence-electron chi connectivity index (χ3n) is 14.7. The van der Waals surface area contributed by atoms with Crippen molar-refractivity contribution in [2.45, 2.75) is 5.41 Å². The van der Waals surface area contributed by atoms with E-state index in [0.717, 1.165) is 73.9 Å². The molecule has 0 unspecified atom stereocenters. The van der Waals surface area contributed by atoms with Crippen molar-refractivity contribution in [2.75, 3.05) is 43.1 Å². The minimum absolute atomic E-state index is 0.592. The number of nitrogens with zero attached hydrogens (tertiary/aromatic N) is 3. The SMILES string of the molecule is COc1ccc(N(c2ccc(OC)cc2)c2ccc(-c3cc4c(s3)-c3sc(-c5ccc(N(c6ccc(OC)cc6)c6ccc(OC)cc6)cc5)cc3C43c4ccccc4N(c4ccccc4)c4ccccc43)cc2)cc1. The van der Waals surface area contributed by atoms with Gasteiger partial charge >= 0.3 is 0 Å². The molecule has 0 amide bonds. The summed E-state index contributed by atoms with van der Waals surface area (Å²) in [6.07, 6.45) is 0. The molecule has 0 radical (unpaired) electrons. The lowest BCUT2D eigenvalue weighted by atomic mass is 9.65. The molecule has 3 heterocycles. The molecule has 7 nitrogen and oxygen atoms in total. The van der Waals surface area contributed by atoms with E-state index in [-0.39, 0.29) is 0 Å². The highest BCUT2D eigenvalue weighted by Crippen LogP contribution is 2.67. The van der Waals surface area contributed by atoms with E-state index in [1.165, 1.54) is 53.1 Å². The van der Waals surface area contributed by atoms with Gasteiger partial charge in [-0.05, 0) is 191 Å².